The monoisotopic (exact) mass is 375 g/mol. The van der Waals surface area contributed by atoms with Gasteiger partial charge in [0.1, 0.15) is 16.3 Å². The summed E-state index contributed by atoms with van der Waals surface area (Å²) in [6.45, 7) is 2.61. The van der Waals surface area contributed by atoms with Crippen LogP contribution in [0.15, 0.2) is 4.90 Å². The van der Waals surface area contributed by atoms with Crippen molar-refractivity contribution in [2.75, 3.05) is 42.8 Å². The van der Waals surface area contributed by atoms with Gasteiger partial charge in [-0.2, -0.15) is 10.2 Å². The van der Waals surface area contributed by atoms with Crippen LogP contribution in [0.25, 0.3) is 0 Å². The first kappa shape index (κ1) is 17.7. The van der Waals surface area contributed by atoms with Crippen molar-refractivity contribution in [2.24, 2.45) is 5.92 Å². The molecule has 8 heteroatoms. The molecule has 0 unspecified atom stereocenters. The molecule has 0 radical (unpaired) electrons. The summed E-state index contributed by atoms with van der Waals surface area (Å²) < 4.78 is 17.8. The van der Waals surface area contributed by atoms with Gasteiger partial charge < -0.3 is 15.0 Å². The van der Waals surface area contributed by atoms with Gasteiger partial charge in [-0.15, -0.1) is 0 Å². The van der Waals surface area contributed by atoms with E-state index in [0.717, 1.165) is 57.6 Å². The maximum absolute atomic E-state index is 12.4. The summed E-state index contributed by atoms with van der Waals surface area (Å²) in [5, 5.41) is 12.6. The molecule has 1 saturated heterocycles. The molecule has 3 aliphatic rings. The van der Waals surface area contributed by atoms with E-state index in [9.17, 15) is 9.47 Å². The first-order valence-electron chi connectivity index (χ1n) is 9.38. The molecular formula is C18H25N5O2S. The Hall–Kier alpha value is -1.72. The Morgan fingerprint density at radius 2 is 2.15 bits per heavy atom. The van der Waals surface area contributed by atoms with Crippen LogP contribution < -0.4 is 10.2 Å². The molecule has 0 spiro atoms. The molecule has 7 nitrogen and oxygen atoms in total. The lowest BCUT2D eigenvalue weighted by Gasteiger charge is -2.25. The second-order valence-corrected chi connectivity index (χ2v) is 9.04. The average Bonchev–Trinajstić information content (AvgIpc) is 3.34. The summed E-state index contributed by atoms with van der Waals surface area (Å²) in [4.78, 5) is 12.1. The van der Waals surface area contributed by atoms with Crippen LogP contribution in [-0.2, 0) is 22.0 Å². The van der Waals surface area contributed by atoms with Gasteiger partial charge in [0.25, 0.3) is 0 Å². The van der Waals surface area contributed by atoms with Crippen LogP contribution in [0.5, 0.6) is 0 Å². The predicted octanol–water partition coefficient (Wildman–Crippen LogP) is 1.86. The molecule has 0 bridgehead atoms. The number of hydrogen-bond donors (Lipinski definition) is 1. The van der Waals surface area contributed by atoms with Gasteiger partial charge in [-0.1, -0.05) is 0 Å². The Kier molecular flexibility index (Phi) is 4.84. The number of aryl methyl sites for hydroxylation is 1. The van der Waals surface area contributed by atoms with E-state index in [1.807, 2.05) is 7.05 Å². The fraction of sp³-hybridized carbons (Fsp3) is 0.722. The van der Waals surface area contributed by atoms with E-state index in [0.29, 0.717) is 34.8 Å². The zero-order chi connectivity index (χ0) is 18.1. The number of nitrogens with zero attached hydrogens (tertiary/aromatic N) is 4. The van der Waals surface area contributed by atoms with Crippen LogP contribution in [0, 0.1) is 17.2 Å². The van der Waals surface area contributed by atoms with E-state index < -0.39 is 16.3 Å². The van der Waals surface area contributed by atoms with Crippen LogP contribution in [-0.4, -0.2) is 52.3 Å². The van der Waals surface area contributed by atoms with Crippen molar-refractivity contribution in [3.8, 4) is 6.07 Å². The number of aromatic nitrogens is 2. The Morgan fingerprint density at radius 3 is 2.85 bits per heavy atom. The summed E-state index contributed by atoms with van der Waals surface area (Å²) in [7, 11) is 0.931. The van der Waals surface area contributed by atoms with Crippen LogP contribution >= 0.6 is 0 Å². The number of hydrogen-bond acceptors (Lipinski definition) is 7. The summed E-state index contributed by atoms with van der Waals surface area (Å²) in [6, 6.07) is 2.33. The quantitative estimate of drug-likeness (QED) is 0.811. The molecule has 2 aliphatic heterocycles. The molecule has 3 heterocycles. The smallest absolute Gasteiger partial charge is 0.227 e. The van der Waals surface area contributed by atoms with Crippen LogP contribution in [0.4, 0.5) is 11.8 Å². The highest BCUT2D eigenvalue weighted by atomic mass is 32.2. The molecular weight excluding hydrogens is 350 g/mol. The van der Waals surface area contributed by atoms with Gasteiger partial charge in [-0.3, -0.25) is 4.21 Å². The first-order chi connectivity index (χ1) is 12.6. The van der Waals surface area contributed by atoms with Crippen molar-refractivity contribution in [3.63, 3.8) is 0 Å². The van der Waals surface area contributed by atoms with Crippen molar-refractivity contribution in [3.05, 3.63) is 5.69 Å². The third kappa shape index (κ3) is 3.55. The maximum atomic E-state index is 12.4. The largest absolute Gasteiger partial charge is 0.381 e. The molecule has 1 atom stereocenters. The molecule has 26 heavy (non-hydrogen) atoms. The minimum atomic E-state index is -1.08. The van der Waals surface area contributed by atoms with E-state index in [2.05, 4.69) is 26.3 Å². The molecule has 1 N–H and O–H groups in total. The van der Waals surface area contributed by atoms with Gasteiger partial charge in [0, 0.05) is 39.0 Å². The molecule has 0 amide bonds. The summed E-state index contributed by atoms with van der Waals surface area (Å²) in [5.41, 5.74) is 0.329. The Balaban J connectivity index is 1.52. The summed E-state index contributed by atoms with van der Waals surface area (Å²) in [6.07, 6.45) is 5.66. The number of nitriles is 1. The highest BCUT2D eigenvalue weighted by Crippen LogP contribution is 2.40. The molecule has 1 aromatic heterocycles. The van der Waals surface area contributed by atoms with Gasteiger partial charge >= 0.3 is 0 Å². The van der Waals surface area contributed by atoms with E-state index in [-0.39, 0.29) is 0 Å². The van der Waals surface area contributed by atoms with Crippen LogP contribution in [0.2, 0.25) is 0 Å². The molecule has 140 valence electrons. The fourth-order valence-electron chi connectivity index (χ4n) is 3.57. The molecule has 1 aromatic rings. The number of anilines is 2. The zero-order valence-corrected chi connectivity index (χ0v) is 16.0. The summed E-state index contributed by atoms with van der Waals surface area (Å²) >= 11 is 0. The molecule has 0 aromatic carbocycles. The second-order valence-electron chi connectivity index (χ2n) is 7.53. The van der Waals surface area contributed by atoms with Crippen molar-refractivity contribution >= 4 is 22.6 Å². The average molecular weight is 375 g/mol. The second kappa shape index (κ2) is 7.12. The third-order valence-electron chi connectivity index (χ3n) is 5.55. The number of nitrogens with one attached hydrogen (secondary N) is 1. The Bertz CT molecular complexity index is 753. The minimum Gasteiger partial charge on any atom is -0.381 e. The normalized spacial score (nSPS) is 23.9. The fourth-order valence-corrected chi connectivity index (χ4v) is 4.87. The Morgan fingerprint density at radius 1 is 1.38 bits per heavy atom. The van der Waals surface area contributed by atoms with Crippen LogP contribution in [0.3, 0.4) is 0 Å². The molecule has 1 saturated carbocycles. The van der Waals surface area contributed by atoms with Crippen LogP contribution in [0.1, 0.15) is 37.8 Å². The summed E-state index contributed by atoms with van der Waals surface area (Å²) in [5.74, 6) is 2.54. The van der Waals surface area contributed by atoms with E-state index in [1.54, 1.807) is 0 Å². The first-order valence-corrected chi connectivity index (χ1v) is 10.7. The standard InChI is InChI=1S/C18H25N5O2S/c1-23(8-2-13-3-9-25-10-4-13)17-20-14-5-11-26(24)15(14)16(21-17)22-18(12-19)6-7-18/h13H,2-11H2,1H3,(H,20,21,22)/t26-/m1/s1. The van der Waals surface area contributed by atoms with Gasteiger partial charge in [-0.05, 0) is 38.0 Å². The minimum absolute atomic E-state index is 0.535. The van der Waals surface area contributed by atoms with E-state index >= 15 is 0 Å². The number of fused-ring (bicyclic) bond motifs is 1. The lowest BCUT2D eigenvalue weighted by molar-refractivity contribution is 0.0645. The molecule has 4 rings (SSSR count). The third-order valence-corrected chi connectivity index (χ3v) is 7.01. The molecule has 1 aliphatic carbocycles. The van der Waals surface area contributed by atoms with Gasteiger partial charge in [0.05, 0.1) is 22.6 Å². The predicted molar refractivity (Wildman–Crippen MR) is 99.6 cm³/mol. The van der Waals surface area contributed by atoms with Gasteiger partial charge in [0.2, 0.25) is 5.95 Å². The maximum Gasteiger partial charge on any atom is 0.227 e. The van der Waals surface area contributed by atoms with Crippen molar-refractivity contribution in [1.29, 1.82) is 5.26 Å². The van der Waals surface area contributed by atoms with Crippen molar-refractivity contribution in [2.45, 2.75) is 49.0 Å². The topological polar surface area (TPSA) is 91.1 Å². The zero-order valence-electron chi connectivity index (χ0n) is 15.2. The van der Waals surface area contributed by atoms with Crippen molar-refractivity contribution in [1.82, 2.24) is 9.97 Å². The van der Waals surface area contributed by atoms with Crippen molar-refractivity contribution < 1.29 is 8.95 Å². The lowest BCUT2D eigenvalue weighted by Crippen LogP contribution is -2.27. The molecule has 2 fully saturated rings. The lowest BCUT2D eigenvalue weighted by atomic mass is 9.96. The van der Waals surface area contributed by atoms with E-state index in [1.165, 1.54) is 0 Å². The van der Waals surface area contributed by atoms with Gasteiger partial charge in [-0.25, -0.2) is 4.98 Å². The van der Waals surface area contributed by atoms with E-state index in [4.69, 9.17) is 4.74 Å². The number of ether oxygens (including phenoxy) is 1. The van der Waals surface area contributed by atoms with Gasteiger partial charge in [0.15, 0.2) is 0 Å². The highest BCUT2D eigenvalue weighted by molar-refractivity contribution is 7.85. The Labute approximate surface area is 156 Å². The SMILES string of the molecule is CN(CCC1CCOCC1)c1nc2c(c(NC3(C#N)CC3)n1)[S@](=O)CC2. The highest BCUT2D eigenvalue weighted by Gasteiger charge is 2.45. The number of rotatable bonds is 6.